The van der Waals surface area contributed by atoms with Crippen molar-refractivity contribution < 1.29 is 80.2 Å². The van der Waals surface area contributed by atoms with Crippen molar-refractivity contribution in [3.8, 4) is 0 Å². The first-order valence-electron chi connectivity index (χ1n) is 41.3. The molecule has 0 aliphatic rings. The summed E-state index contributed by atoms with van der Waals surface area (Å²) in [6.07, 6.45) is 64.9. The third kappa shape index (κ3) is 72.4. The molecule has 0 fully saturated rings. The van der Waals surface area contributed by atoms with Crippen LogP contribution >= 0.6 is 15.6 Å². The number of hydrogen-bond donors (Lipinski definition) is 3. The number of aliphatic hydroxyl groups excluding tert-OH is 1. The molecule has 5 atom stereocenters. The highest BCUT2D eigenvalue weighted by molar-refractivity contribution is 7.47. The first kappa shape index (κ1) is 96.1. The monoisotopic (exact) mass is 1440 g/mol. The van der Waals surface area contributed by atoms with Crippen LogP contribution in [0.1, 0.15) is 426 Å². The maximum atomic E-state index is 13.1. The van der Waals surface area contributed by atoms with Crippen LogP contribution in [0.3, 0.4) is 0 Å². The van der Waals surface area contributed by atoms with Crippen LogP contribution in [0.15, 0.2) is 0 Å². The van der Waals surface area contributed by atoms with Crippen LogP contribution in [0.25, 0.3) is 0 Å². The minimum atomic E-state index is -4.96. The Morgan fingerprint density at radius 3 is 0.602 bits per heavy atom. The van der Waals surface area contributed by atoms with E-state index in [1.54, 1.807) is 0 Å². The Kier molecular flexibility index (Phi) is 71.9. The van der Waals surface area contributed by atoms with E-state index in [0.717, 1.165) is 89.9 Å². The van der Waals surface area contributed by atoms with E-state index in [4.69, 9.17) is 37.0 Å². The van der Waals surface area contributed by atoms with Crippen LogP contribution in [0.4, 0.5) is 0 Å². The standard InChI is InChI=1S/C79H154O17P2/c1-5-9-13-17-21-25-29-33-36-38-42-46-50-54-58-62-66-79(84)96-75(70-90-77(82)64-60-56-52-48-44-41-37-34-30-26-22-18-14-10-6-2)72-94-98(87,88)92-68-73(80)67-91-97(85,86)93-71-74(69-89-76(81)63-59-55-51-47-43-39-32-28-24-20-16-12-8-4)95-78(83)65-61-57-53-49-45-40-35-31-27-23-19-15-11-7-3/h73-75,80H,5-72H2,1-4H3,(H,85,86)(H,87,88)/t73-,74+,75+/m0/s1. The van der Waals surface area contributed by atoms with Gasteiger partial charge in [-0.1, -0.05) is 374 Å². The smallest absolute Gasteiger partial charge is 0.462 e. The van der Waals surface area contributed by atoms with E-state index < -0.39 is 97.5 Å². The van der Waals surface area contributed by atoms with Crippen LogP contribution in [0.5, 0.6) is 0 Å². The lowest BCUT2D eigenvalue weighted by molar-refractivity contribution is -0.161. The van der Waals surface area contributed by atoms with Gasteiger partial charge in [0.1, 0.15) is 19.3 Å². The van der Waals surface area contributed by atoms with Gasteiger partial charge in [0.25, 0.3) is 0 Å². The van der Waals surface area contributed by atoms with Crippen molar-refractivity contribution >= 4 is 39.5 Å². The Hall–Kier alpha value is -1.94. The van der Waals surface area contributed by atoms with Gasteiger partial charge in [0.15, 0.2) is 12.2 Å². The molecule has 0 rings (SSSR count). The molecule has 0 aromatic carbocycles. The van der Waals surface area contributed by atoms with Gasteiger partial charge >= 0.3 is 39.5 Å². The Morgan fingerprint density at radius 1 is 0.245 bits per heavy atom. The van der Waals surface area contributed by atoms with E-state index in [-0.39, 0.29) is 25.7 Å². The molecule has 0 heterocycles. The van der Waals surface area contributed by atoms with Crippen LogP contribution in [-0.2, 0) is 65.4 Å². The lowest BCUT2D eigenvalue weighted by Gasteiger charge is -2.21. The van der Waals surface area contributed by atoms with Crippen molar-refractivity contribution in [2.75, 3.05) is 39.6 Å². The highest BCUT2D eigenvalue weighted by Crippen LogP contribution is 2.45. The van der Waals surface area contributed by atoms with Crippen molar-refractivity contribution in [1.29, 1.82) is 0 Å². The van der Waals surface area contributed by atoms with Crippen LogP contribution in [0, 0.1) is 0 Å². The fraction of sp³-hybridized carbons (Fsp3) is 0.949. The van der Waals surface area contributed by atoms with Crippen molar-refractivity contribution in [1.82, 2.24) is 0 Å². The summed E-state index contributed by atoms with van der Waals surface area (Å²) in [4.78, 5) is 73.0. The second-order valence-electron chi connectivity index (χ2n) is 28.5. The molecule has 19 heteroatoms. The SMILES string of the molecule is CCCCCCCCCCCCCCCCCCC(=O)O[C@H](COC(=O)CCCCCCCCCCCCCCCCC)COP(=O)(O)OC[C@@H](O)COP(=O)(O)OC[C@@H](COC(=O)CCCCCCCCCCCCCCC)OC(=O)CCCCCCCCCCCCCCCC. The van der Waals surface area contributed by atoms with Crippen molar-refractivity contribution in [2.24, 2.45) is 0 Å². The molecule has 0 aliphatic heterocycles. The predicted octanol–water partition coefficient (Wildman–Crippen LogP) is 23.8. The number of rotatable bonds is 80. The molecule has 0 aliphatic carbocycles. The molecule has 0 amide bonds. The fourth-order valence-electron chi connectivity index (χ4n) is 12.3. The average molecular weight is 1440 g/mol. The van der Waals surface area contributed by atoms with Crippen molar-refractivity contribution in [2.45, 2.75) is 444 Å². The molecule has 98 heavy (non-hydrogen) atoms. The Bertz CT molecular complexity index is 1860. The van der Waals surface area contributed by atoms with E-state index in [2.05, 4.69) is 27.7 Å². The van der Waals surface area contributed by atoms with Crippen LogP contribution in [-0.4, -0.2) is 96.7 Å². The van der Waals surface area contributed by atoms with Gasteiger partial charge in [-0.3, -0.25) is 37.3 Å². The molecule has 582 valence electrons. The average Bonchev–Trinajstić information content (AvgIpc) is 1.04. The summed E-state index contributed by atoms with van der Waals surface area (Å²) in [6.45, 7) is 5.03. The third-order valence-corrected chi connectivity index (χ3v) is 20.5. The summed E-state index contributed by atoms with van der Waals surface area (Å²) in [5, 5.41) is 10.6. The zero-order valence-electron chi connectivity index (χ0n) is 63.8. The number of aliphatic hydroxyl groups is 1. The van der Waals surface area contributed by atoms with Gasteiger partial charge in [0.05, 0.1) is 26.4 Å². The zero-order chi connectivity index (χ0) is 71.8. The first-order valence-corrected chi connectivity index (χ1v) is 44.3. The second kappa shape index (κ2) is 73.4. The van der Waals surface area contributed by atoms with Gasteiger partial charge in [0.2, 0.25) is 0 Å². The molecule has 17 nitrogen and oxygen atoms in total. The molecule has 2 unspecified atom stereocenters. The predicted molar refractivity (Wildman–Crippen MR) is 400 cm³/mol. The topological polar surface area (TPSA) is 237 Å². The summed E-state index contributed by atoms with van der Waals surface area (Å²) < 4.78 is 68.7. The third-order valence-electron chi connectivity index (χ3n) is 18.6. The number of phosphoric acid groups is 2. The van der Waals surface area contributed by atoms with Gasteiger partial charge in [-0.2, -0.15) is 0 Å². The van der Waals surface area contributed by atoms with Crippen LogP contribution in [0.2, 0.25) is 0 Å². The number of esters is 4. The van der Waals surface area contributed by atoms with Gasteiger partial charge in [-0.25, -0.2) is 9.13 Å². The molecule has 0 radical (unpaired) electrons. The largest absolute Gasteiger partial charge is 0.472 e. The normalized spacial score (nSPS) is 13.8. The molecule has 0 saturated carbocycles. The zero-order valence-corrected chi connectivity index (χ0v) is 65.6. The number of phosphoric ester groups is 2. The van der Waals surface area contributed by atoms with Crippen molar-refractivity contribution in [3.63, 3.8) is 0 Å². The minimum absolute atomic E-state index is 0.109. The summed E-state index contributed by atoms with van der Waals surface area (Å²) in [5.74, 6) is -2.10. The summed E-state index contributed by atoms with van der Waals surface area (Å²) in [7, 11) is -9.91. The summed E-state index contributed by atoms with van der Waals surface area (Å²) in [5.41, 5.74) is 0. The molecular weight excluding hydrogens is 1280 g/mol. The van der Waals surface area contributed by atoms with Gasteiger partial charge in [0, 0.05) is 25.7 Å². The number of carbonyl (C=O) groups excluding carboxylic acids is 4. The lowest BCUT2D eigenvalue weighted by Crippen LogP contribution is -2.30. The van der Waals surface area contributed by atoms with E-state index in [9.17, 15) is 43.2 Å². The van der Waals surface area contributed by atoms with Gasteiger partial charge in [-0.15, -0.1) is 0 Å². The number of hydrogen-bond acceptors (Lipinski definition) is 15. The highest BCUT2D eigenvalue weighted by atomic mass is 31.2. The van der Waals surface area contributed by atoms with Gasteiger partial charge in [-0.05, 0) is 25.7 Å². The minimum Gasteiger partial charge on any atom is -0.462 e. The maximum absolute atomic E-state index is 13.1. The number of ether oxygens (including phenoxy) is 4. The molecule has 0 spiro atoms. The fourth-order valence-corrected chi connectivity index (χ4v) is 13.9. The van der Waals surface area contributed by atoms with E-state index in [1.165, 1.54) is 257 Å². The Balaban J connectivity index is 5.26. The number of unbranched alkanes of at least 4 members (excludes halogenated alkanes) is 54. The van der Waals surface area contributed by atoms with E-state index in [0.29, 0.717) is 25.7 Å². The van der Waals surface area contributed by atoms with Crippen molar-refractivity contribution in [3.05, 3.63) is 0 Å². The van der Waals surface area contributed by atoms with E-state index >= 15 is 0 Å². The Labute approximate surface area is 600 Å². The number of carbonyl (C=O) groups is 4. The van der Waals surface area contributed by atoms with Crippen LogP contribution < -0.4 is 0 Å². The first-order chi connectivity index (χ1) is 47.7. The quantitative estimate of drug-likeness (QED) is 0.0222. The molecule has 0 bridgehead atoms. The highest BCUT2D eigenvalue weighted by Gasteiger charge is 2.30. The molecule has 3 N–H and O–H groups in total. The molecule has 0 saturated heterocycles. The Morgan fingerprint density at radius 2 is 0.408 bits per heavy atom. The molecule has 0 aromatic rings. The maximum Gasteiger partial charge on any atom is 0.472 e. The van der Waals surface area contributed by atoms with Gasteiger partial charge < -0.3 is 33.8 Å². The van der Waals surface area contributed by atoms with E-state index in [1.807, 2.05) is 0 Å². The lowest BCUT2D eigenvalue weighted by atomic mass is 10.0. The summed E-state index contributed by atoms with van der Waals surface area (Å²) >= 11 is 0. The second-order valence-corrected chi connectivity index (χ2v) is 31.4. The molecular formula is C79H154O17P2. The summed E-state index contributed by atoms with van der Waals surface area (Å²) in [6, 6.07) is 0. The molecule has 0 aromatic heterocycles.